The highest BCUT2D eigenvalue weighted by molar-refractivity contribution is 5.96. The van der Waals surface area contributed by atoms with Crippen molar-refractivity contribution < 1.29 is 9.59 Å². The number of hydrogen-bond donors (Lipinski definition) is 2. The molecule has 0 spiro atoms. The zero-order valence-electron chi connectivity index (χ0n) is 15.1. The summed E-state index contributed by atoms with van der Waals surface area (Å²) in [4.78, 5) is 28.1. The van der Waals surface area contributed by atoms with Crippen molar-refractivity contribution in [3.63, 3.8) is 0 Å². The van der Waals surface area contributed by atoms with E-state index in [1.54, 1.807) is 0 Å². The molecule has 2 N–H and O–H groups in total. The smallest absolute Gasteiger partial charge is 0.321 e. The van der Waals surface area contributed by atoms with Gasteiger partial charge in [0.25, 0.3) is 0 Å². The Morgan fingerprint density at radius 3 is 2.46 bits per heavy atom. The molecular weight excluding hydrogens is 304 g/mol. The number of hydrogen-bond acceptors (Lipinski definition) is 4. The third-order valence-corrected chi connectivity index (χ3v) is 4.73. The number of nitrogens with zero attached hydrogens (tertiary/aromatic N) is 2. The molecule has 1 aliphatic heterocycles. The van der Waals surface area contributed by atoms with Gasteiger partial charge in [0.2, 0.25) is 5.91 Å². The number of anilines is 1. The molecule has 0 unspecified atom stereocenters. The molecule has 1 heterocycles. The van der Waals surface area contributed by atoms with Gasteiger partial charge in [-0.1, -0.05) is 12.1 Å². The van der Waals surface area contributed by atoms with E-state index in [-0.39, 0.29) is 11.9 Å². The summed E-state index contributed by atoms with van der Waals surface area (Å²) in [5.41, 5.74) is 3.88. The monoisotopic (exact) mass is 332 g/mol. The highest BCUT2D eigenvalue weighted by atomic mass is 16.2. The Bertz CT molecular complexity index is 595. The topological polar surface area (TPSA) is 64.7 Å². The molecule has 1 aromatic carbocycles. The fourth-order valence-corrected chi connectivity index (χ4v) is 3.02. The van der Waals surface area contributed by atoms with E-state index in [4.69, 9.17) is 0 Å². The summed E-state index contributed by atoms with van der Waals surface area (Å²) >= 11 is 0. The number of urea groups is 1. The maximum absolute atomic E-state index is 12.2. The molecule has 0 saturated carbocycles. The van der Waals surface area contributed by atoms with Crippen LogP contribution in [0.15, 0.2) is 18.2 Å². The third-order valence-electron chi connectivity index (χ3n) is 4.73. The first-order valence-electron chi connectivity index (χ1n) is 8.58. The predicted molar refractivity (Wildman–Crippen MR) is 96.4 cm³/mol. The number of carbonyl (C=O) groups is 2. The van der Waals surface area contributed by atoms with Crippen LogP contribution in [0.1, 0.15) is 25.0 Å². The average molecular weight is 332 g/mol. The van der Waals surface area contributed by atoms with E-state index in [1.165, 1.54) is 16.8 Å². The van der Waals surface area contributed by atoms with Crippen LogP contribution in [0.2, 0.25) is 0 Å². The maximum atomic E-state index is 12.2. The fraction of sp³-hybridized carbons (Fsp3) is 0.556. The highest BCUT2D eigenvalue weighted by Gasteiger charge is 2.27. The van der Waals surface area contributed by atoms with Crippen LogP contribution in [0.4, 0.5) is 10.5 Å². The van der Waals surface area contributed by atoms with Gasteiger partial charge in [0, 0.05) is 38.4 Å². The Balaban J connectivity index is 1.91. The van der Waals surface area contributed by atoms with Crippen LogP contribution in [-0.4, -0.2) is 55.6 Å². The summed E-state index contributed by atoms with van der Waals surface area (Å²) in [5, 5.41) is 4.97. The highest BCUT2D eigenvalue weighted by Crippen LogP contribution is 2.24. The van der Waals surface area contributed by atoms with Crippen molar-refractivity contribution in [2.75, 3.05) is 37.6 Å². The Morgan fingerprint density at radius 2 is 1.83 bits per heavy atom. The lowest BCUT2D eigenvalue weighted by atomic mass is 10.1. The van der Waals surface area contributed by atoms with Crippen LogP contribution in [0.25, 0.3) is 0 Å². The molecule has 0 aliphatic carbocycles. The quantitative estimate of drug-likeness (QED) is 0.880. The summed E-state index contributed by atoms with van der Waals surface area (Å²) in [5.74, 6) is -0.249. The molecular formula is C18H28N4O2. The van der Waals surface area contributed by atoms with Crippen LogP contribution < -0.4 is 15.5 Å². The van der Waals surface area contributed by atoms with Gasteiger partial charge < -0.3 is 10.2 Å². The fourth-order valence-electron chi connectivity index (χ4n) is 3.02. The molecule has 1 aliphatic rings. The Hall–Kier alpha value is -2.08. The van der Waals surface area contributed by atoms with E-state index in [0.717, 1.165) is 26.2 Å². The molecule has 132 valence electrons. The van der Waals surface area contributed by atoms with Crippen molar-refractivity contribution in [3.05, 3.63) is 29.3 Å². The predicted octanol–water partition coefficient (Wildman–Crippen LogP) is 1.66. The molecule has 0 bridgehead atoms. The molecule has 1 aromatic rings. The lowest BCUT2D eigenvalue weighted by Crippen LogP contribution is -2.55. The van der Waals surface area contributed by atoms with E-state index in [9.17, 15) is 9.59 Å². The molecule has 0 radical (unpaired) electrons. The minimum absolute atomic E-state index is 0.249. The average Bonchev–Trinajstić information content (AvgIpc) is 2.57. The van der Waals surface area contributed by atoms with Crippen LogP contribution in [0.5, 0.6) is 0 Å². The summed E-state index contributed by atoms with van der Waals surface area (Å²) in [6, 6.07) is 5.63. The molecule has 1 fully saturated rings. The van der Waals surface area contributed by atoms with Gasteiger partial charge in [0.15, 0.2) is 0 Å². The first-order chi connectivity index (χ1) is 11.4. The van der Waals surface area contributed by atoms with Crippen molar-refractivity contribution in [1.82, 2.24) is 15.5 Å². The largest absolute Gasteiger partial charge is 0.369 e. The molecule has 1 atom stereocenters. The Morgan fingerprint density at radius 1 is 1.17 bits per heavy atom. The third kappa shape index (κ3) is 4.26. The molecule has 6 heteroatoms. The number of aryl methyl sites for hydroxylation is 1. The van der Waals surface area contributed by atoms with Gasteiger partial charge in [-0.2, -0.15) is 0 Å². The second-order valence-corrected chi connectivity index (χ2v) is 6.27. The van der Waals surface area contributed by atoms with Gasteiger partial charge in [-0.3, -0.25) is 15.0 Å². The molecule has 24 heavy (non-hydrogen) atoms. The zero-order chi connectivity index (χ0) is 17.7. The van der Waals surface area contributed by atoms with Crippen molar-refractivity contribution in [1.29, 1.82) is 0 Å². The lowest BCUT2D eigenvalue weighted by Gasteiger charge is -2.39. The van der Waals surface area contributed by atoms with Crippen LogP contribution in [-0.2, 0) is 4.79 Å². The second-order valence-electron chi connectivity index (χ2n) is 6.27. The summed E-state index contributed by atoms with van der Waals surface area (Å²) in [7, 11) is 0. The summed E-state index contributed by atoms with van der Waals surface area (Å²) in [6.07, 6.45) is 0. The van der Waals surface area contributed by atoms with Crippen molar-refractivity contribution in [2.45, 2.75) is 33.7 Å². The SMILES string of the molecule is CCNC(=O)NC(=O)[C@H](C)N1CCN(c2cccc(C)c2C)CC1. The van der Waals surface area contributed by atoms with Gasteiger partial charge in [-0.05, 0) is 44.9 Å². The van der Waals surface area contributed by atoms with Crippen molar-refractivity contribution in [2.24, 2.45) is 0 Å². The van der Waals surface area contributed by atoms with Crippen LogP contribution >= 0.6 is 0 Å². The molecule has 0 aromatic heterocycles. The Labute approximate surface area is 144 Å². The van der Waals surface area contributed by atoms with E-state index in [2.05, 4.69) is 52.5 Å². The molecule has 6 nitrogen and oxygen atoms in total. The number of rotatable bonds is 4. The number of amides is 3. The van der Waals surface area contributed by atoms with Gasteiger partial charge in [0.05, 0.1) is 6.04 Å². The first kappa shape index (κ1) is 18.3. The van der Waals surface area contributed by atoms with Gasteiger partial charge in [0.1, 0.15) is 0 Å². The minimum Gasteiger partial charge on any atom is -0.369 e. The van der Waals surface area contributed by atoms with E-state index < -0.39 is 6.03 Å². The Kier molecular flexibility index (Phi) is 6.20. The van der Waals surface area contributed by atoms with Gasteiger partial charge >= 0.3 is 6.03 Å². The van der Waals surface area contributed by atoms with Crippen molar-refractivity contribution >= 4 is 17.6 Å². The van der Waals surface area contributed by atoms with Gasteiger partial charge in [-0.25, -0.2) is 4.79 Å². The second kappa shape index (κ2) is 8.15. The summed E-state index contributed by atoms with van der Waals surface area (Å²) < 4.78 is 0. The molecule has 3 amide bonds. The van der Waals surface area contributed by atoms with Crippen LogP contribution in [0, 0.1) is 13.8 Å². The van der Waals surface area contributed by atoms with Crippen LogP contribution in [0.3, 0.4) is 0 Å². The number of nitrogens with one attached hydrogen (secondary N) is 2. The van der Waals surface area contributed by atoms with Gasteiger partial charge in [-0.15, -0.1) is 0 Å². The van der Waals surface area contributed by atoms with E-state index >= 15 is 0 Å². The maximum Gasteiger partial charge on any atom is 0.321 e. The van der Waals surface area contributed by atoms with E-state index in [1.807, 2.05) is 13.8 Å². The summed E-state index contributed by atoms with van der Waals surface area (Å²) in [6.45, 7) is 11.8. The normalized spacial score (nSPS) is 16.6. The number of carbonyl (C=O) groups excluding carboxylic acids is 2. The molecule has 2 rings (SSSR count). The number of benzene rings is 1. The number of piperazine rings is 1. The van der Waals surface area contributed by atoms with E-state index in [0.29, 0.717) is 6.54 Å². The zero-order valence-corrected chi connectivity index (χ0v) is 15.1. The minimum atomic E-state index is -0.427. The number of imide groups is 1. The first-order valence-corrected chi connectivity index (χ1v) is 8.58. The van der Waals surface area contributed by atoms with Crippen molar-refractivity contribution in [3.8, 4) is 0 Å². The standard InChI is InChI=1S/C18H28N4O2/c1-5-19-18(24)20-17(23)15(4)21-9-11-22(12-10-21)16-8-6-7-13(2)14(16)3/h6-8,15H,5,9-12H2,1-4H3,(H2,19,20,23,24)/t15-/m0/s1. The molecule has 1 saturated heterocycles. The lowest BCUT2D eigenvalue weighted by molar-refractivity contribution is -0.124.